The largest absolute Gasteiger partial charge is 0.504 e. The third-order valence-corrected chi connectivity index (χ3v) is 3.98. The lowest BCUT2D eigenvalue weighted by atomic mass is 10.1. The van der Waals surface area contributed by atoms with Crippen molar-refractivity contribution >= 4 is 24.8 Å². The molecule has 0 aromatic heterocycles. The van der Waals surface area contributed by atoms with Crippen molar-refractivity contribution in [2.45, 2.75) is 19.5 Å². The normalized spacial score (nSPS) is 10.1. The van der Waals surface area contributed by atoms with Crippen molar-refractivity contribution in [1.29, 1.82) is 0 Å². The molecule has 2 aromatic rings. The van der Waals surface area contributed by atoms with Gasteiger partial charge in [0.15, 0.2) is 23.0 Å². The molecule has 0 atom stereocenters. The van der Waals surface area contributed by atoms with Crippen LogP contribution < -0.4 is 15.2 Å². The van der Waals surface area contributed by atoms with Gasteiger partial charge in [-0.1, -0.05) is 12.1 Å². The molecular formula is C19H28Cl2N2O4. The second kappa shape index (κ2) is 12.5. The number of benzene rings is 2. The van der Waals surface area contributed by atoms with E-state index in [0.29, 0.717) is 31.1 Å². The van der Waals surface area contributed by atoms with Crippen molar-refractivity contribution in [2.75, 3.05) is 27.3 Å². The molecule has 0 saturated heterocycles. The smallest absolute Gasteiger partial charge is 0.160 e. The van der Waals surface area contributed by atoms with Crippen LogP contribution in [0.5, 0.6) is 23.0 Å². The number of nitrogens with two attached hydrogens (primary N) is 1. The predicted molar refractivity (Wildman–Crippen MR) is 112 cm³/mol. The van der Waals surface area contributed by atoms with Crippen molar-refractivity contribution in [3.63, 3.8) is 0 Å². The maximum Gasteiger partial charge on any atom is 0.160 e. The van der Waals surface area contributed by atoms with E-state index in [9.17, 15) is 10.2 Å². The zero-order valence-electron chi connectivity index (χ0n) is 15.6. The second-order valence-electron chi connectivity index (χ2n) is 5.87. The molecule has 0 radical (unpaired) electrons. The van der Waals surface area contributed by atoms with Gasteiger partial charge in [0.2, 0.25) is 0 Å². The van der Waals surface area contributed by atoms with Gasteiger partial charge in [0.25, 0.3) is 0 Å². The van der Waals surface area contributed by atoms with E-state index in [4.69, 9.17) is 15.2 Å². The Hall–Kier alpha value is -1.86. The number of hydrogen-bond donors (Lipinski definition) is 3. The number of methoxy groups -OCH3 is 2. The van der Waals surface area contributed by atoms with E-state index in [0.717, 1.165) is 24.1 Å². The summed E-state index contributed by atoms with van der Waals surface area (Å²) in [5.74, 6) is 1.18. The van der Waals surface area contributed by atoms with Crippen LogP contribution >= 0.6 is 24.8 Å². The Labute approximate surface area is 172 Å². The number of rotatable bonds is 9. The van der Waals surface area contributed by atoms with E-state index in [2.05, 4.69) is 4.90 Å². The highest BCUT2D eigenvalue weighted by molar-refractivity contribution is 5.85. The van der Waals surface area contributed by atoms with Gasteiger partial charge >= 0.3 is 0 Å². The van der Waals surface area contributed by atoms with Crippen molar-refractivity contribution < 1.29 is 19.7 Å². The number of phenolic OH excluding ortho intramolecular Hbond substituents is 2. The summed E-state index contributed by atoms with van der Waals surface area (Å²) in [6.07, 6.45) is 0.879. The molecule has 2 rings (SSSR count). The molecule has 4 N–H and O–H groups in total. The molecule has 0 fully saturated rings. The molecule has 0 aliphatic carbocycles. The molecule has 0 spiro atoms. The quantitative estimate of drug-likeness (QED) is 0.578. The first kappa shape index (κ1) is 25.1. The zero-order chi connectivity index (χ0) is 18.2. The molecule has 0 aliphatic heterocycles. The van der Waals surface area contributed by atoms with Crippen molar-refractivity contribution in [2.24, 2.45) is 5.73 Å². The van der Waals surface area contributed by atoms with Crippen LogP contribution in [0.2, 0.25) is 0 Å². The Morgan fingerprint density at radius 2 is 1.30 bits per heavy atom. The number of nitrogens with zero attached hydrogens (tertiary/aromatic N) is 1. The van der Waals surface area contributed by atoms with Gasteiger partial charge in [0, 0.05) is 19.6 Å². The maximum absolute atomic E-state index is 9.74. The molecular weight excluding hydrogens is 391 g/mol. The predicted octanol–water partition coefficient (Wildman–Crippen LogP) is 3.31. The Balaban J connectivity index is 0.00000338. The third kappa shape index (κ3) is 7.34. The maximum atomic E-state index is 9.74. The van der Waals surface area contributed by atoms with Gasteiger partial charge in [-0.3, -0.25) is 4.90 Å². The van der Waals surface area contributed by atoms with E-state index in [1.807, 2.05) is 24.3 Å². The van der Waals surface area contributed by atoms with Crippen LogP contribution in [0.15, 0.2) is 36.4 Å². The Bertz CT molecular complexity index is 646. The van der Waals surface area contributed by atoms with Crippen LogP contribution in [0.1, 0.15) is 17.5 Å². The van der Waals surface area contributed by atoms with Crippen LogP contribution in [-0.2, 0) is 13.1 Å². The number of aromatic hydroxyl groups is 2. The number of halogens is 2. The zero-order valence-corrected chi connectivity index (χ0v) is 17.2. The van der Waals surface area contributed by atoms with Crippen molar-refractivity contribution in [3.05, 3.63) is 47.5 Å². The first-order valence-corrected chi connectivity index (χ1v) is 8.21. The number of hydrogen-bond acceptors (Lipinski definition) is 6. The highest BCUT2D eigenvalue weighted by atomic mass is 35.5. The molecule has 0 saturated carbocycles. The lowest BCUT2D eigenvalue weighted by Crippen LogP contribution is -2.25. The third-order valence-electron chi connectivity index (χ3n) is 3.98. The van der Waals surface area contributed by atoms with E-state index < -0.39 is 0 Å². The summed E-state index contributed by atoms with van der Waals surface area (Å²) in [5, 5.41) is 19.5. The van der Waals surface area contributed by atoms with E-state index >= 15 is 0 Å². The summed E-state index contributed by atoms with van der Waals surface area (Å²) in [5.41, 5.74) is 7.74. The first-order valence-electron chi connectivity index (χ1n) is 8.21. The molecule has 2 aromatic carbocycles. The average molecular weight is 419 g/mol. The molecule has 6 nitrogen and oxygen atoms in total. The molecule has 0 unspecified atom stereocenters. The van der Waals surface area contributed by atoms with Crippen LogP contribution in [0.4, 0.5) is 0 Å². The number of phenols is 2. The lowest BCUT2D eigenvalue weighted by Gasteiger charge is -2.23. The highest BCUT2D eigenvalue weighted by Crippen LogP contribution is 2.29. The minimum Gasteiger partial charge on any atom is -0.504 e. The van der Waals surface area contributed by atoms with Gasteiger partial charge in [0.1, 0.15) is 0 Å². The summed E-state index contributed by atoms with van der Waals surface area (Å²) in [6, 6.07) is 10.7. The summed E-state index contributed by atoms with van der Waals surface area (Å²) in [4.78, 5) is 2.25. The standard InChI is InChI=1S/C19H26N2O4.2ClH/c1-24-18-10-14(4-6-16(18)22)12-21(9-3-8-20)13-15-5-7-17(23)19(11-15)25-2;;/h4-7,10-11,22-23H,3,8-9,12-13,20H2,1-2H3;2*1H. The van der Waals surface area contributed by atoms with Gasteiger partial charge in [-0.25, -0.2) is 0 Å². The fourth-order valence-corrected chi connectivity index (χ4v) is 2.69. The monoisotopic (exact) mass is 418 g/mol. The molecule has 8 heteroatoms. The average Bonchev–Trinajstić information content (AvgIpc) is 2.62. The first-order chi connectivity index (χ1) is 12.1. The summed E-state index contributed by atoms with van der Waals surface area (Å²) < 4.78 is 10.4. The molecule has 0 aliphatic rings. The van der Waals surface area contributed by atoms with E-state index in [-0.39, 0.29) is 36.3 Å². The van der Waals surface area contributed by atoms with Crippen molar-refractivity contribution in [1.82, 2.24) is 4.90 Å². The number of ether oxygens (including phenoxy) is 2. The van der Waals surface area contributed by atoms with Gasteiger partial charge in [0.05, 0.1) is 14.2 Å². The molecule has 0 bridgehead atoms. The molecule has 152 valence electrons. The second-order valence-corrected chi connectivity index (χ2v) is 5.87. The van der Waals surface area contributed by atoms with Crippen LogP contribution in [-0.4, -0.2) is 42.4 Å². The van der Waals surface area contributed by atoms with Gasteiger partial charge in [-0.05, 0) is 48.4 Å². The summed E-state index contributed by atoms with van der Waals surface area (Å²) in [6.45, 7) is 2.84. The molecule has 0 amide bonds. The Kier molecular flexibility index (Phi) is 11.7. The molecule has 0 heterocycles. The topological polar surface area (TPSA) is 88.2 Å². The Morgan fingerprint density at radius 3 is 1.67 bits per heavy atom. The minimum atomic E-state index is 0. The SMILES string of the molecule is COc1cc(CN(CCCN)Cc2ccc(O)c(OC)c2)ccc1O.Cl.Cl. The summed E-state index contributed by atoms with van der Waals surface area (Å²) >= 11 is 0. The fourth-order valence-electron chi connectivity index (χ4n) is 2.69. The van der Waals surface area contributed by atoms with Crippen LogP contribution in [0.3, 0.4) is 0 Å². The van der Waals surface area contributed by atoms with Crippen molar-refractivity contribution in [3.8, 4) is 23.0 Å². The summed E-state index contributed by atoms with van der Waals surface area (Å²) in [7, 11) is 3.07. The van der Waals surface area contributed by atoms with E-state index in [1.54, 1.807) is 12.1 Å². The minimum absolute atomic E-state index is 0. The van der Waals surface area contributed by atoms with Gasteiger partial charge in [-0.2, -0.15) is 0 Å². The fraction of sp³-hybridized carbons (Fsp3) is 0.368. The highest BCUT2D eigenvalue weighted by Gasteiger charge is 2.11. The van der Waals surface area contributed by atoms with E-state index in [1.165, 1.54) is 14.2 Å². The van der Waals surface area contributed by atoms with Crippen LogP contribution in [0, 0.1) is 0 Å². The van der Waals surface area contributed by atoms with Gasteiger partial charge < -0.3 is 25.4 Å². The van der Waals surface area contributed by atoms with Crippen LogP contribution in [0.25, 0.3) is 0 Å². The molecule has 27 heavy (non-hydrogen) atoms. The van der Waals surface area contributed by atoms with Gasteiger partial charge in [-0.15, -0.1) is 24.8 Å². The Morgan fingerprint density at radius 1 is 0.852 bits per heavy atom. The lowest BCUT2D eigenvalue weighted by molar-refractivity contribution is 0.253.